The number of nitrogens with one attached hydrogen (secondary N) is 1. The molecule has 30 heavy (non-hydrogen) atoms. The van der Waals surface area contributed by atoms with E-state index >= 15 is 0 Å². The van der Waals surface area contributed by atoms with Crippen LogP contribution >= 0.6 is 23.8 Å². The van der Waals surface area contributed by atoms with Gasteiger partial charge in [0.25, 0.3) is 0 Å². The number of carbonyl (C=O) groups is 1. The Morgan fingerprint density at radius 3 is 2.73 bits per heavy atom. The average molecular weight is 447 g/mol. The molecular weight excluding hydrogens is 424 g/mol. The Balaban J connectivity index is 1.91. The summed E-state index contributed by atoms with van der Waals surface area (Å²) in [5.41, 5.74) is 0.376. The fourth-order valence-corrected chi connectivity index (χ4v) is 4.83. The zero-order chi connectivity index (χ0) is 21.5. The van der Waals surface area contributed by atoms with Crippen LogP contribution in [-0.2, 0) is 9.53 Å². The number of nitrogens with zero attached hydrogens (tertiary/aromatic N) is 1. The van der Waals surface area contributed by atoms with Crippen LogP contribution < -0.4 is 19.7 Å². The largest absolute Gasteiger partial charge is 0.490 e. The summed E-state index contributed by atoms with van der Waals surface area (Å²) in [6.45, 7) is 6.31. The lowest BCUT2D eigenvalue weighted by Crippen LogP contribution is -2.71. The maximum absolute atomic E-state index is 13.1. The number of para-hydroxylation sites is 1. The van der Waals surface area contributed by atoms with E-state index in [9.17, 15) is 4.79 Å². The smallest absolute Gasteiger partial charge is 0.317 e. The van der Waals surface area contributed by atoms with E-state index in [2.05, 4.69) is 5.32 Å². The van der Waals surface area contributed by atoms with Gasteiger partial charge in [-0.05, 0) is 57.3 Å². The van der Waals surface area contributed by atoms with Gasteiger partial charge in [-0.1, -0.05) is 29.8 Å². The van der Waals surface area contributed by atoms with E-state index in [0.717, 1.165) is 5.56 Å². The number of carbonyl (C=O) groups excluding carboxylic acids is 1. The van der Waals surface area contributed by atoms with Crippen molar-refractivity contribution in [2.75, 3.05) is 18.1 Å². The molecule has 4 rings (SSSR count). The Bertz CT molecular complexity index is 1000. The number of anilines is 1. The van der Waals surface area contributed by atoms with Gasteiger partial charge in [-0.3, -0.25) is 9.69 Å². The first-order valence-corrected chi connectivity index (χ1v) is 10.7. The molecule has 0 spiro atoms. The second kappa shape index (κ2) is 7.96. The molecule has 0 amide bonds. The van der Waals surface area contributed by atoms with E-state index in [1.807, 2.05) is 44.2 Å². The minimum atomic E-state index is -1.15. The Hall–Kier alpha value is -2.51. The lowest BCUT2D eigenvalue weighted by molar-refractivity contribution is -0.159. The zero-order valence-electron chi connectivity index (χ0n) is 17.0. The molecule has 2 aliphatic rings. The molecule has 0 saturated carbocycles. The van der Waals surface area contributed by atoms with Crippen molar-refractivity contribution in [3.63, 3.8) is 0 Å². The molecular formula is C22H23ClN2O4S. The number of hydrogen-bond acceptors (Lipinski definition) is 5. The van der Waals surface area contributed by atoms with Crippen molar-refractivity contribution in [3.05, 3.63) is 53.1 Å². The molecule has 158 valence electrons. The first-order chi connectivity index (χ1) is 14.4. The fraction of sp³-hybridized carbons (Fsp3) is 0.364. The van der Waals surface area contributed by atoms with Gasteiger partial charge in [-0.25, -0.2) is 0 Å². The Labute approximate surface area is 186 Å². The summed E-state index contributed by atoms with van der Waals surface area (Å²) in [7, 11) is 0. The van der Waals surface area contributed by atoms with Crippen molar-refractivity contribution >= 4 is 40.6 Å². The number of benzene rings is 2. The van der Waals surface area contributed by atoms with Crippen LogP contribution in [0.2, 0.25) is 5.02 Å². The lowest BCUT2D eigenvalue weighted by atomic mass is 9.79. The van der Waals surface area contributed by atoms with Gasteiger partial charge in [0.2, 0.25) is 5.72 Å². The molecule has 6 nitrogen and oxygen atoms in total. The number of esters is 1. The van der Waals surface area contributed by atoms with Gasteiger partial charge >= 0.3 is 5.97 Å². The molecule has 0 aliphatic carbocycles. The Morgan fingerprint density at radius 2 is 2.03 bits per heavy atom. The third kappa shape index (κ3) is 3.26. The van der Waals surface area contributed by atoms with Crippen molar-refractivity contribution in [2.45, 2.75) is 32.5 Å². The second-order valence-electron chi connectivity index (χ2n) is 7.24. The number of ether oxygens (including phenoxy) is 3. The molecule has 3 atom stereocenters. The van der Waals surface area contributed by atoms with Crippen LogP contribution in [0, 0.1) is 5.92 Å². The molecule has 1 N–H and O–H groups in total. The molecule has 0 aromatic heterocycles. The van der Waals surface area contributed by atoms with Gasteiger partial charge in [0, 0.05) is 16.3 Å². The Morgan fingerprint density at radius 1 is 1.27 bits per heavy atom. The van der Waals surface area contributed by atoms with Gasteiger partial charge in [0.15, 0.2) is 16.6 Å². The summed E-state index contributed by atoms with van der Waals surface area (Å²) in [5.74, 6) is 0.177. The van der Waals surface area contributed by atoms with Crippen molar-refractivity contribution in [3.8, 4) is 11.5 Å². The van der Waals surface area contributed by atoms with Gasteiger partial charge in [-0.2, -0.15) is 0 Å². The molecule has 2 aromatic carbocycles. The van der Waals surface area contributed by atoms with E-state index in [1.165, 1.54) is 0 Å². The van der Waals surface area contributed by atoms with Gasteiger partial charge in [-0.15, -0.1) is 0 Å². The highest BCUT2D eigenvalue weighted by Gasteiger charge is 2.60. The highest BCUT2D eigenvalue weighted by Crippen LogP contribution is 2.52. The maximum Gasteiger partial charge on any atom is 0.317 e. The van der Waals surface area contributed by atoms with Crippen LogP contribution in [0.25, 0.3) is 0 Å². The summed E-state index contributed by atoms with van der Waals surface area (Å²) in [6, 6.07) is 12.5. The van der Waals surface area contributed by atoms with E-state index in [-0.39, 0.29) is 12.6 Å². The van der Waals surface area contributed by atoms with Crippen molar-refractivity contribution in [1.82, 2.24) is 5.32 Å². The predicted molar refractivity (Wildman–Crippen MR) is 119 cm³/mol. The quantitative estimate of drug-likeness (QED) is 0.537. The minimum Gasteiger partial charge on any atom is -0.490 e. The van der Waals surface area contributed by atoms with Crippen molar-refractivity contribution in [2.24, 2.45) is 5.92 Å². The van der Waals surface area contributed by atoms with E-state index in [4.69, 9.17) is 38.0 Å². The number of fused-ring (bicyclic) bond motifs is 4. The molecule has 2 aromatic rings. The predicted octanol–water partition coefficient (Wildman–Crippen LogP) is 4.46. The first-order valence-electron chi connectivity index (χ1n) is 9.88. The highest BCUT2D eigenvalue weighted by molar-refractivity contribution is 7.80. The standard InChI is InChI=1S/C22H23ClN2O4S/c1-4-27-16-11-7-10-15-18-17(20(26)28-5-2)22(3,29-19(15)16)25(21(30)24-18)14-9-6-8-13(23)12-14/h6-12,17-18H,4-5H2,1-3H3,(H,24,30)/t17-,18+,22+/m1/s1. The molecule has 1 fully saturated rings. The third-order valence-corrected chi connectivity index (χ3v) is 5.93. The molecule has 0 unspecified atom stereocenters. The van der Waals surface area contributed by atoms with Crippen LogP contribution in [0.1, 0.15) is 32.4 Å². The van der Waals surface area contributed by atoms with E-state index < -0.39 is 17.7 Å². The van der Waals surface area contributed by atoms with Crippen LogP contribution in [0.15, 0.2) is 42.5 Å². The maximum atomic E-state index is 13.1. The lowest BCUT2D eigenvalue weighted by Gasteiger charge is -2.55. The summed E-state index contributed by atoms with van der Waals surface area (Å²) in [4.78, 5) is 14.9. The number of halogens is 1. The molecule has 2 aliphatic heterocycles. The van der Waals surface area contributed by atoms with Crippen LogP contribution in [0.5, 0.6) is 11.5 Å². The van der Waals surface area contributed by atoms with Crippen LogP contribution in [0.3, 0.4) is 0 Å². The monoisotopic (exact) mass is 446 g/mol. The van der Waals surface area contributed by atoms with Crippen molar-refractivity contribution < 1.29 is 19.0 Å². The van der Waals surface area contributed by atoms with Crippen LogP contribution in [-0.4, -0.2) is 30.0 Å². The SMILES string of the molecule is CCOC(=O)[C@H]1[C@H]2NC(=S)N(c3cccc(Cl)c3)[C@@]1(C)Oc1c(OCC)cccc12. The molecule has 8 heteroatoms. The zero-order valence-corrected chi connectivity index (χ0v) is 18.5. The summed E-state index contributed by atoms with van der Waals surface area (Å²) in [6.07, 6.45) is 0. The normalized spacial score (nSPS) is 24.4. The summed E-state index contributed by atoms with van der Waals surface area (Å²) in [5, 5.41) is 4.33. The molecule has 2 bridgehead atoms. The topological polar surface area (TPSA) is 60.0 Å². The third-order valence-electron chi connectivity index (χ3n) is 5.40. The number of rotatable bonds is 5. The summed E-state index contributed by atoms with van der Waals surface area (Å²) < 4.78 is 17.8. The number of hydrogen-bond donors (Lipinski definition) is 1. The van der Waals surface area contributed by atoms with Crippen LogP contribution in [0.4, 0.5) is 5.69 Å². The molecule has 2 heterocycles. The van der Waals surface area contributed by atoms with Gasteiger partial charge in [0.05, 0.1) is 19.3 Å². The molecule has 1 saturated heterocycles. The number of thiocarbonyl (C=S) groups is 1. The summed E-state index contributed by atoms with van der Waals surface area (Å²) >= 11 is 11.9. The highest BCUT2D eigenvalue weighted by atomic mass is 35.5. The molecule has 0 radical (unpaired) electrons. The Kier molecular flexibility index (Phi) is 5.51. The van der Waals surface area contributed by atoms with E-state index in [0.29, 0.717) is 33.9 Å². The van der Waals surface area contributed by atoms with Crippen molar-refractivity contribution in [1.29, 1.82) is 0 Å². The van der Waals surface area contributed by atoms with E-state index in [1.54, 1.807) is 24.0 Å². The minimum absolute atomic E-state index is 0.269. The average Bonchev–Trinajstić information content (AvgIpc) is 2.68. The second-order valence-corrected chi connectivity index (χ2v) is 8.06. The van der Waals surface area contributed by atoms with Gasteiger partial charge in [0.1, 0.15) is 5.92 Å². The first kappa shape index (κ1) is 20.8. The van der Waals surface area contributed by atoms with Gasteiger partial charge < -0.3 is 19.5 Å². The fourth-order valence-electron chi connectivity index (χ4n) is 4.24.